The summed E-state index contributed by atoms with van der Waals surface area (Å²) >= 11 is 0. The first-order chi connectivity index (χ1) is 10.2. The molecule has 2 unspecified atom stereocenters. The number of nitrogens with zero attached hydrogens (tertiary/aromatic N) is 1. The van der Waals surface area contributed by atoms with E-state index >= 15 is 0 Å². The average molecular weight is 290 g/mol. The maximum atomic E-state index is 9.37. The molecule has 2 rings (SSSR count). The summed E-state index contributed by atoms with van der Waals surface area (Å²) < 4.78 is 11.4. The minimum atomic E-state index is -0.499. The molecule has 5 heteroatoms. The molecule has 0 bridgehead atoms. The van der Waals surface area contributed by atoms with E-state index in [1.54, 1.807) is 13.2 Å². The number of nitriles is 1. The highest BCUT2D eigenvalue weighted by Crippen LogP contribution is 2.34. The minimum absolute atomic E-state index is 0.0141. The average Bonchev–Trinajstić information content (AvgIpc) is 2.55. The van der Waals surface area contributed by atoms with Gasteiger partial charge < -0.3 is 19.9 Å². The van der Waals surface area contributed by atoms with Gasteiger partial charge in [-0.3, -0.25) is 0 Å². The van der Waals surface area contributed by atoms with Crippen molar-refractivity contribution in [3.05, 3.63) is 23.8 Å². The first-order valence-corrected chi connectivity index (χ1v) is 7.21. The quantitative estimate of drug-likeness (QED) is 0.867. The number of methoxy groups -OCH3 is 1. The van der Waals surface area contributed by atoms with Crippen LogP contribution in [0.25, 0.3) is 0 Å². The van der Waals surface area contributed by atoms with Crippen LogP contribution in [0.1, 0.15) is 31.2 Å². The van der Waals surface area contributed by atoms with Gasteiger partial charge >= 0.3 is 0 Å². The lowest BCUT2D eigenvalue weighted by Gasteiger charge is -2.35. The molecule has 1 aliphatic rings. The predicted octanol–water partition coefficient (Wildman–Crippen LogP) is 1.99. The lowest BCUT2D eigenvalue weighted by Crippen LogP contribution is -2.48. The van der Waals surface area contributed by atoms with Crippen molar-refractivity contribution in [3.8, 4) is 17.6 Å². The molecule has 5 nitrogen and oxygen atoms in total. The third-order valence-corrected chi connectivity index (χ3v) is 4.10. The van der Waals surface area contributed by atoms with Gasteiger partial charge in [-0.05, 0) is 44.0 Å². The molecule has 1 aromatic carbocycles. The van der Waals surface area contributed by atoms with Crippen molar-refractivity contribution in [1.29, 1.82) is 5.26 Å². The van der Waals surface area contributed by atoms with Crippen LogP contribution in [-0.4, -0.2) is 30.9 Å². The van der Waals surface area contributed by atoms with E-state index in [0.717, 1.165) is 24.8 Å². The minimum Gasteiger partial charge on any atom is -0.493 e. The number of nitrogens with one attached hydrogen (secondary N) is 1. The zero-order chi connectivity index (χ0) is 15.3. The molecular formula is C16H22N2O3. The van der Waals surface area contributed by atoms with Crippen LogP contribution in [0, 0.1) is 11.3 Å². The van der Waals surface area contributed by atoms with Crippen molar-refractivity contribution in [2.24, 2.45) is 0 Å². The third-order valence-electron chi connectivity index (χ3n) is 4.10. The number of ether oxygens (including phenoxy) is 2. The molecule has 1 saturated carbocycles. The van der Waals surface area contributed by atoms with Crippen LogP contribution in [0.3, 0.4) is 0 Å². The molecule has 0 radical (unpaired) electrons. The molecule has 21 heavy (non-hydrogen) atoms. The van der Waals surface area contributed by atoms with Crippen LogP contribution in [0.5, 0.6) is 11.5 Å². The molecule has 1 aliphatic carbocycles. The Morgan fingerprint density at radius 1 is 1.48 bits per heavy atom. The Labute approximate surface area is 125 Å². The van der Waals surface area contributed by atoms with Gasteiger partial charge in [0.15, 0.2) is 11.5 Å². The van der Waals surface area contributed by atoms with E-state index in [1.165, 1.54) is 0 Å². The molecule has 2 atom stereocenters. The number of aliphatic hydroxyl groups is 1. The second-order valence-corrected chi connectivity index (χ2v) is 5.42. The highest BCUT2D eigenvalue weighted by atomic mass is 16.5. The summed E-state index contributed by atoms with van der Waals surface area (Å²) in [6.07, 6.45) is 3.37. The highest BCUT2D eigenvalue weighted by molar-refractivity contribution is 5.43. The smallest absolute Gasteiger partial charge is 0.161 e. The number of hydrogen-bond acceptors (Lipinski definition) is 5. The van der Waals surface area contributed by atoms with Crippen LogP contribution in [0.4, 0.5) is 0 Å². The highest BCUT2D eigenvalue weighted by Gasteiger charge is 2.36. The van der Waals surface area contributed by atoms with E-state index in [-0.39, 0.29) is 12.7 Å². The topological polar surface area (TPSA) is 74.5 Å². The third kappa shape index (κ3) is 3.46. The molecule has 2 N–H and O–H groups in total. The van der Waals surface area contributed by atoms with Gasteiger partial charge in [0.1, 0.15) is 11.6 Å². The van der Waals surface area contributed by atoms with Gasteiger partial charge in [0.25, 0.3) is 0 Å². The second kappa shape index (κ2) is 6.79. The lowest BCUT2D eigenvalue weighted by atomic mass is 9.81. The molecule has 0 aliphatic heterocycles. The van der Waals surface area contributed by atoms with Crippen molar-refractivity contribution in [3.63, 3.8) is 0 Å². The van der Waals surface area contributed by atoms with Gasteiger partial charge in [0, 0.05) is 6.42 Å². The van der Waals surface area contributed by atoms with Crippen LogP contribution >= 0.6 is 0 Å². The van der Waals surface area contributed by atoms with Gasteiger partial charge in [-0.2, -0.15) is 5.26 Å². The van der Waals surface area contributed by atoms with Crippen LogP contribution in [-0.2, 0) is 6.61 Å². The number of hydrogen-bond donors (Lipinski definition) is 2. The molecule has 0 amide bonds. The number of rotatable bonds is 5. The van der Waals surface area contributed by atoms with Crippen LogP contribution in [0.2, 0.25) is 0 Å². The zero-order valence-electron chi connectivity index (χ0n) is 12.6. The Balaban J connectivity index is 2.13. The zero-order valence-corrected chi connectivity index (χ0v) is 12.6. The number of benzene rings is 1. The fourth-order valence-corrected chi connectivity index (χ4v) is 2.80. The lowest BCUT2D eigenvalue weighted by molar-refractivity contribution is 0.112. The molecule has 0 aromatic heterocycles. The van der Waals surface area contributed by atoms with E-state index < -0.39 is 5.54 Å². The maximum Gasteiger partial charge on any atom is 0.161 e. The van der Waals surface area contributed by atoms with E-state index in [2.05, 4.69) is 11.4 Å². The molecule has 114 valence electrons. The Kier molecular flexibility index (Phi) is 5.05. The van der Waals surface area contributed by atoms with E-state index in [0.29, 0.717) is 17.9 Å². The summed E-state index contributed by atoms with van der Waals surface area (Å²) in [7, 11) is 3.40. The monoisotopic (exact) mass is 290 g/mol. The SMILES string of the molecule is CNC1(C#N)CCCC(Oc2ccc(CO)cc2OC)C1. The van der Waals surface area contributed by atoms with Gasteiger partial charge in [-0.1, -0.05) is 6.07 Å². The van der Waals surface area contributed by atoms with E-state index in [1.807, 2.05) is 19.2 Å². The van der Waals surface area contributed by atoms with Crippen molar-refractivity contribution in [2.75, 3.05) is 14.2 Å². The van der Waals surface area contributed by atoms with Crippen molar-refractivity contribution >= 4 is 0 Å². The molecular weight excluding hydrogens is 268 g/mol. The fraction of sp³-hybridized carbons (Fsp3) is 0.562. The van der Waals surface area contributed by atoms with E-state index in [4.69, 9.17) is 14.6 Å². The summed E-state index contributed by atoms with van der Waals surface area (Å²) in [5.41, 5.74) is 0.283. The second-order valence-electron chi connectivity index (χ2n) is 5.42. The maximum absolute atomic E-state index is 9.37. The Bertz CT molecular complexity index is 527. The standard InChI is InChI=1S/C16H22N2O3/c1-18-16(11-17)7-3-4-13(9-16)21-14-6-5-12(10-19)8-15(14)20-2/h5-6,8,13,18-19H,3-4,7,9-10H2,1-2H3. The summed E-state index contributed by atoms with van der Waals surface area (Å²) in [6.45, 7) is -0.0304. The number of aliphatic hydroxyl groups excluding tert-OH is 1. The van der Waals surface area contributed by atoms with Gasteiger partial charge in [0.05, 0.1) is 19.8 Å². The summed E-state index contributed by atoms with van der Waals surface area (Å²) in [5, 5.41) is 21.7. The largest absolute Gasteiger partial charge is 0.493 e. The molecule has 1 aromatic rings. The molecule has 0 heterocycles. The summed E-state index contributed by atoms with van der Waals surface area (Å²) in [5.74, 6) is 1.27. The Morgan fingerprint density at radius 3 is 2.90 bits per heavy atom. The van der Waals surface area contributed by atoms with Gasteiger partial charge in [-0.25, -0.2) is 0 Å². The van der Waals surface area contributed by atoms with Crippen molar-refractivity contribution in [1.82, 2.24) is 5.32 Å². The Hall–Kier alpha value is -1.77. The molecule has 1 fully saturated rings. The normalized spacial score (nSPS) is 25.1. The van der Waals surface area contributed by atoms with E-state index in [9.17, 15) is 5.26 Å². The van der Waals surface area contributed by atoms with Crippen molar-refractivity contribution in [2.45, 2.75) is 43.9 Å². The molecule has 0 spiro atoms. The first kappa shape index (κ1) is 15.6. The fourth-order valence-electron chi connectivity index (χ4n) is 2.80. The summed E-state index contributed by atoms with van der Waals surface area (Å²) in [4.78, 5) is 0. The van der Waals surface area contributed by atoms with Gasteiger partial charge in [0.2, 0.25) is 0 Å². The first-order valence-electron chi connectivity index (χ1n) is 7.21. The van der Waals surface area contributed by atoms with Crippen LogP contribution in [0.15, 0.2) is 18.2 Å². The van der Waals surface area contributed by atoms with Crippen LogP contribution < -0.4 is 14.8 Å². The predicted molar refractivity (Wildman–Crippen MR) is 79.2 cm³/mol. The molecule has 0 saturated heterocycles. The Morgan fingerprint density at radius 2 is 2.29 bits per heavy atom. The van der Waals surface area contributed by atoms with Crippen molar-refractivity contribution < 1.29 is 14.6 Å². The summed E-state index contributed by atoms with van der Waals surface area (Å²) in [6, 6.07) is 7.77. The van der Waals surface area contributed by atoms with Gasteiger partial charge in [-0.15, -0.1) is 0 Å².